The first-order chi connectivity index (χ1) is 5.93. The molecule has 1 aliphatic heterocycles. The van der Waals surface area contributed by atoms with E-state index in [0.29, 0.717) is 6.10 Å². The van der Waals surface area contributed by atoms with Crippen molar-refractivity contribution >= 4 is 11.3 Å². The monoisotopic (exact) mass is 181 g/mol. The lowest BCUT2D eigenvalue weighted by molar-refractivity contribution is 0.408. The van der Waals surface area contributed by atoms with Crippen LogP contribution in [0.5, 0.6) is 0 Å². The smallest absolute Gasteiger partial charge is 0.0858 e. The number of ether oxygens (including phenoxy) is 1. The van der Waals surface area contributed by atoms with E-state index in [9.17, 15) is 0 Å². The molecule has 0 N–H and O–H groups in total. The molecule has 2 nitrogen and oxygen atoms in total. The van der Waals surface area contributed by atoms with E-state index in [1.54, 1.807) is 11.3 Å². The van der Waals surface area contributed by atoms with Gasteiger partial charge in [0.1, 0.15) is 0 Å². The summed E-state index contributed by atoms with van der Waals surface area (Å²) < 4.78 is 5.22. The van der Waals surface area contributed by atoms with Gasteiger partial charge in [-0.15, -0.1) is 11.3 Å². The highest BCUT2D eigenvalue weighted by Gasteiger charge is 2.31. The molecule has 12 heavy (non-hydrogen) atoms. The van der Waals surface area contributed by atoms with E-state index < -0.39 is 0 Å². The zero-order valence-corrected chi connectivity index (χ0v) is 7.64. The minimum absolute atomic E-state index is 0.517. The lowest BCUT2D eigenvalue weighted by Crippen LogP contribution is -1.94. The van der Waals surface area contributed by atoms with E-state index in [-0.39, 0.29) is 0 Å². The number of nitrogens with zero attached hydrogens (tertiary/aromatic N) is 1. The maximum atomic E-state index is 5.22. The lowest BCUT2D eigenvalue weighted by atomic mass is 10.2. The molecule has 3 heteroatoms. The summed E-state index contributed by atoms with van der Waals surface area (Å²) in [6.07, 6.45) is 4.32. The van der Waals surface area contributed by atoms with Crippen molar-refractivity contribution in [2.24, 2.45) is 0 Å². The van der Waals surface area contributed by atoms with Crippen molar-refractivity contribution < 1.29 is 4.74 Å². The van der Waals surface area contributed by atoms with Gasteiger partial charge in [-0.25, -0.2) is 4.98 Å². The second kappa shape index (κ2) is 2.54. The first-order valence-corrected chi connectivity index (χ1v) is 5.35. The van der Waals surface area contributed by atoms with Gasteiger partial charge in [0.2, 0.25) is 0 Å². The summed E-state index contributed by atoms with van der Waals surface area (Å²) in [7, 11) is 0. The second-order valence-corrected chi connectivity index (χ2v) is 4.53. The molecular formula is C9H11NOS. The topological polar surface area (TPSA) is 25.4 Å². The van der Waals surface area contributed by atoms with Crippen molar-refractivity contribution in [3.05, 3.63) is 16.1 Å². The van der Waals surface area contributed by atoms with Gasteiger partial charge in [0.15, 0.2) is 0 Å². The summed E-state index contributed by atoms with van der Waals surface area (Å²) in [6, 6.07) is 0. The highest BCUT2D eigenvalue weighted by atomic mass is 32.1. The van der Waals surface area contributed by atoms with Gasteiger partial charge >= 0.3 is 0 Å². The molecule has 0 aromatic carbocycles. The Hall–Kier alpha value is -0.410. The van der Waals surface area contributed by atoms with Crippen LogP contribution in [0.15, 0.2) is 5.51 Å². The molecule has 0 bridgehead atoms. The van der Waals surface area contributed by atoms with Gasteiger partial charge in [-0.05, 0) is 12.8 Å². The number of hydrogen-bond acceptors (Lipinski definition) is 3. The first kappa shape index (κ1) is 7.04. The SMILES string of the molecule is c1nc(C2CC2)c(CC2CO2)s1. The van der Waals surface area contributed by atoms with Crippen molar-refractivity contribution in [2.75, 3.05) is 6.61 Å². The fourth-order valence-electron chi connectivity index (χ4n) is 1.51. The van der Waals surface area contributed by atoms with Crippen LogP contribution >= 0.6 is 11.3 Å². The van der Waals surface area contributed by atoms with E-state index in [0.717, 1.165) is 18.9 Å². The Morgan fingerprint density at radius 3 is 3.08 bits per heavy atom. The largest absolute Gasteiger partial charge is 0.373 e. The Morgan fingerprint density at radius 1 is 1.58 bits per heavy atom. The van der Waals surface area contributed by atoms with Crippen LogP contribution in [0.3, 0.4) is 0 Å². The fourth-order valence-corrected chi connectivity index (χ4v) is 2.43. The molecule has 64 valence electrons. The molecule has 3 rings (SSSR count). The van der Waals surface area contributed by atoms with Gasteiger partial charge in [0.05, 0.1) is 23.9 Å². The molecular weight excluding hydrogens is 170 g/mol. The van der Waals surface area contributed by atoms with Gasteiger partial charge in [0.25, 0.3) is 0 Å². The predicted octanol–water partition coefficient (Wildman–Crippen LogP) is 1.96. The number of epoxide rings is 1. The number of thiazole rings is 1. The Balaban J connectivity index is 1.81. The molecule has 1 atom stereocenters. The van der Waals surface area contributed by atoms with E-state index >= 15 is 0 Å². The molecule has 0 amide bonds. The van der Waals surface area contributed by atoms with Crippen LogP contribution in [-0.4, -0.2) is 17.7 Å². The average Bonchev–Trinajstić information content (AvgIpc) is 2.93. The predicted molar refractivity (Wildman–Crippen MR) is 47.5 cm³/mol. The van der Waals surface area contributed by atoms with Crippen LogP contribution in [0, 0.1) is 0 Å². The van der Waals surface area contributed by atoms with Crippen molar-refractivity contribution in [1.29, 1.82) is 0 Å². The molecule has 1 saturated carbocycles. The quantitative estimate of drug-likeness (QED) is 0.666. The molecule has 1 aliphatic carbocycles. The number of hydrogen-bond donors (Lipinski definition) is 0. The van der Waals surface area contributed by atoms with Crippen LogP contribution in [0.2, 0.25) is 0 Å². The Kier molecular flexibility index (Phi) is 1.49. The van der Waals surface area contributed by atoms with Gasteiger partial charge in [-0.3, -0.25) is 0 Å². The summed E-state index contributed by atoms with van der Waals surface area (Å²) in [5, 5.41) is 0. The maximum absolute atomic E-state index is 5.22. The summed E-state index contributed by atoms with van der Waals surface area (Å²) in [5.41, 5.74) is 3.35. The van der Waals surface area contributed by atoms with Crippen LogP contribution in [-0.2, 0) is 11.2 Å². The van der Waals surface area contributed by atoms with Crippen LogP contribution < -0.4 is 0 Å². The number of rotatable bonds is 3. The Bertz CT molecular complexity index is 288. The van der Waals surface area contributed by atoms with Crippen molar-refractivity contribution in [2.45, 2.75) is 31.3 Å². The van der Waals surface area contributed by atoms with E-state index in [1.807, 2.05) is 5.51 Å². The molecule has 0 spiro atoms. The standard InChI is InChI=1S/C9H11NOS/c1-2-6(1)9-8(12-5-10-9)3-7-4-11-7/h5-7H,1-4H2. The highest BCUT2D eigenvalue weighted by Crippen LogP contribution is 2.42. The van der Waals surface area contributed by atoms with Crippen molar-refractivity contribution in [3.8, 4) is 0 Å². The highest BCUT2D eigenvalue weighted by molar-refractivity contribution is 7.09. The summed E-state index contributed by atoms with van der Waals surface area (Å²) in [5.74, 6) is 0.796. The Labute approximate surface area is 75.6 Å². The summed E-state index contributed by atoms with van der Waals surface area (Å²) in [6.45, 7) is 0.960. The van der Waals surface area contributed by atoms with Gasteiger partial charge in [0, 0.05) is 17.2 Å². The minimum Gasteiger partial charge on any atom is -0.373 e. The van der Waals surface area contributed by atoms with Crippen LogP contribution in [0.4, 0.5) is 0 Å². The summed E-state index contributed by atoms with van der Waals surface area (Å²) in [4.78, 5) is 5.89. The molecule has 1 aromatic rings. The first-order valence-electron chi connectivity index (χ1n) is 4.47. The zero-order valence-electron chi connectivity index (χ0n) is 6.82. The third-order valence-corrected chi connectivity index (χ3v) is 3.32. The molecule has 2 fully saturated rings. The molecule has 2 heterocycles. The van der Waals surface area contributed by atoms with Crippen LogP contribution in [0.25, 0.3) is 0 Å². The zero-order chi connectivity index (χ0) is 7.97. The molecule has 0 radical (unpaired) electrons. The lowest BCUT2D eigenvalue weighted by Gasteiger charge is -1.96. The van der Waals surface area contributed by atoms with E-state index in [1.165, 1.54) is 23.4 Å². The van der Waals surface area contributed by atoms with Crippen molar-refractivity contribution in [1.82, 2.24) is 4.98 Å². The minimum atomic E-state index is 0.517. The molecule has 1 aromatic heterocycles. The Morgan fingerprint density at radius 2 is 2.42 bits per heavy atom. The van der Waals surface area contributed by atoms with E-state index in [4.69, 9.17) is 4.74 Å². The normalized spacial score (nSPS) is 27.5. The average molecular weight is 181 g/mol. The third-order valence-electron chi connectivity index (χ3n) is 2.45. The number of aromatic nitrogens is 1. The fraction of sp³-hybridized carbons (Fsp3) is 0.667. The van der Waals surface area contributed by atoms with E-state index in [2.05, 4.69) is 4.98 Å². The molecule has 1 unspecified atom stereocenters. The van der Waals surface area contributed by atoms with Gasteiger partial charge in [-0.2, -0.15) is 0 Å². The third kappa shape index (κ3) is 1.27. The van der Waals surface area contributed by atoms with Crippen molar-refractivity contribution in [3.63, 3.8) is 0 Å². The maximum Gasteiger partial charge on any atom is 0.0858 e. The van der Waals surface area contributed by atoms with Gasteiger partial charge in [-0.1, -0.05) is 0 Å². The molecule has 1 saturated heterocycles. The second-order valence-electron chi connectivity index (χ2n) is 3.59. The summed E-state index contributed by atoms with van der Waals surface area (Å²) >= 11 is 1.80. The molecule has 2 aliphatic rings. The van der Waals surface area contributed by atoms with Crippen LogP contribution in [0.1, 0.15) is 29.3 Å². The van der Waals surface area contributed by atoms with Gasteiger partial charge < -0.3 is 4.74 Å².